The molecule has 0 aliphatic rings. The maximum Gasteiger partial charge on any atom is 0.304 e. The van der Waals surface area contributed by atoms with Crippen LogP contribution in [0.1, 0.15) is 37.3 Å². The summed E-state index contributed by atoms with van der Waals surface area (Å²) >= 11 is 0. The number of nitrogens with zero attached hydrogens (tertiary/aromatic N) is 2. The van der Waals surface area contributed by atoms with Crippen molar-refractivity contribution in [1.29, 1.82) is 0 Å². The molecule has 0 radical (unpaired) electrons. The highest BCUT2D eigenvalue weighted by Gasteiger charge is 2.29. The number of benzene rings is 2. The second-order valence-corrected chi connectivity index (χ2v) is 9.66. The predicted octanol–water partition coefficient (Wildman–Crippen LogP) is 3.31. The van der Waals surface area contributed by atoms with E-state index in [9.17, 15) is 17.6 Å². The fourth-order valence-electron chi connectivity index (χ4n) is 2.92. The zero-order chi connectivity index (χ0) is 22.3. The van der Waals surface area contributed by atoms with Crippen LogP contribution in [-0.2, 0) is 21.4 Å². The van der Waals surface area contributed by atoms with Crippen LogP contribution in [0.15, 0.2) is 48.5 Å². The summed E-state index contributed by atoms with van der Waals surface area (Å²) in [6, 6.07) is 13.9. The average Bonchev–Trinajstić information content (AvgIpc) is 2.70. The topological polar surface area (TPSA) is 69.7 Å². The fraction of sp³-hybridized carbons (Fsp3) is 0.409. The molecule has 0 bridgehead atoms. The Morgan fingerprint density at radius 3 is 2.27 bits per heavy atom. The smallest absolute Gasteiger partial charge is 0.304 e. The summed E-state index contributed by atoms with van der Waals surface area (Å²) in [5.74, 6) is -0.714. The van der Waals surface area contributed by atoms with Crippen molar-refractivity contribution in [3.8, 4) is 0 Å². The van der Waals surface area contributed by atoms with Gasteiger partial charge in [0.1, 0.15) is 12.4 Å². The van der Waals surface area contributed by atoms with Crippen molar-refractivity contribution >= 4 is 21.8 Å². The van der Waals surface area contributed by atoms with Crippen LogP contribution in [0.5, 0.6) is 0 Å². The molecular formula is C22H30FN3O3S. The molecular weight excluding hydrogens is 405 g/mol. The number of carbonyl (C=O) groups excluding carboxylic acids is 1. The zero-order valence-corrected chi connectivity index (χ0v) is 18.7. The van der Waals surface area contributed by atoms with Gasteiger partial charge in [0, 0.05) is 20.6 Å². The molecule has 0 atom stereocenters. The van der Waals surface area contributed by atoms with Gasteiger partial charge in [-0.25, -0.2) is 8.70 Å². The van der Waals surface area contributed by atoms with Gasteiger partial charge in [-0.2, -0.15) is 12.7 Å². The number of aryl methyl sites for hydroxylation is 1. The summed E-state index contributed by atoms with van der Waals surface area (Å²) in [6.45, 7) is 4.19. The van der Waals surface area contributed by atoms with Crippen molar-refractivity contribution in [3.63, 3.8) is 0 Å². The molecule has 0 saturated heterocycles. The number of hydrogen-bond donors (Lipinski definition) is 1. The van der Waals surface area contributed by atoms with Gasteiger partial charge in [-0.05, 0) is 42.0 Å². The molecule has 2 rings (SSSR count). The van der Waals surface area contributed by atoms with Crippen LogP contribution in [0.2, 0.25) is 0 Å². The van der Waals surface area contributed by atoms with E-state index in [4.69, 9.17) is 0 Å². The average molecular weight is 436 g/mol. The molecule has 0 spiro atoms. The first kappa shape index (κ1) is 23.8. The number of nitrogens with one attached hydrogen (secondary N) is 1. The number of hydrogen-bond acceptors (Lipinski definition) is 3. The lowest BCUT2D eigenvalue weighted by Gasteiger charge is -2.27. The Bertz CT molecular complexity index is 944. The highest BCUT2D eigenvalue weighted by atomic mass is 32.2. The summed E-state index contributed by atoms with van der Waals surface area (Å²) in [7, 11) is -1.35. The first-order valence-electron chi connectivity index (χ1n) is 9.93. The summed E-state index contributed by atoms with van der Waals surface area (Å²) in [4.78, 5) is 12.4. The lowest BCUT2D eigenvalue weighted by molar-refractivity contribution is -0.119. The highest BCUT2D eigenvalue weighted by Crippen LogP contribution is 2.22. The quantitative estimate of drug-likeness (QED) is 0.582. The van der Waals surface area contributed by atoms with E-state index in [1.807, 2.05) is 0 Å². The number of para-hydroxylation sites is 1. The van der Waals surface area contributed by atoms with Crippen molar-refractivity contribution in [2.45, 2.75) is 32.6 Å². The number of anilines is 1. The van der Waals surface area contributed by atoms with Gasteiger partial charge >= 0.3 is 10.2 Å². The van der Waals surface area contributed by atoms with Gasteiger partial charge in [-0.15, -0.1) is 0 Å². The van der Waals surface area contributed by atoms with Gasteiger partial charge in [0.15, 0.2) is 0 Å². The largest absolute Gasteiger partial charge is 0.355 e. The molecule has 0 saturated carbocycles. The maximum absolute atomic E-state index is 14.2. The first-order valence-corrected chi connectivity index (χ1v) is 11.3. The van der Waals surface area contributed by atoms with Crippen LogP contribution >= 0.6 is 0 Å². The second kappa shape index (κ2) is 10.5. The molecule has 2 aromatic carbocycles. The van der Waals surface area contributed by atoms with Gasteiger partial charge in [-0.3, -0.25) is 4.79 Å². The van der Waals surface area contributed by atoms with E-state index in [1.165, 1.54) is 43.4 Å². The third-order valence-electron chi connectivity index (χ3n) is 4.76. The van der Waals surface area contributed by atoms with Gasteiger partial charge in [0.25, 0.3) is 0 Å². The van der Waals surface area contributed by atoms with Crippen LogP contribution in [0.25, 0.3) is 0 Å². The van der Waals surface area contributed by atoms with Crippen LogP contribution < -0.4 is 9.62 Å². The Hall–Kier alpha value is -2.45. The summed E-state index contributed by atoms with van der Waals surface area (Å²) in [5, 5.41) is 2.73. The summed E-state index contributed by atoms with van der Waals surface area (Å²) in [6.07, 6.45) is 1.51. The van der Waals surface area contributed by atoms with Gasteiger partial charge in [0.2, 0.25) is 5.91 Å². The van der Waals surface area contributed by atoms with Gasteiger partial charge < -0.3 is 5.32 Å². The summed E-state index contributed by atoms with van der Waals surface area (Å²) in [5.41, 5.74) is 2.30. The Labute approximate surface area is 178 Å². The van der Waals surface area contributed by atoms with Crippen molar-refractivity contribution in [2.24, 2.45) is 0 Å². The standard InChI is InChI=1S/C22H30FN3O3S/c1-17(2)19-13-11-18(12-14-19)8-7-15-24-22(27)16-26(30(28,29)25(3)4)21-10-6-5-9-20(21)23/h5-6,9-14,17H,7-8,15-16H2,1-4H3,(H,24,27). The van der Waals surface area contributed by atoms with E-state index in [0.29, 0.717) is 18.9 Å². The SMILES string of the molecule is CC(C)c1ccc(CCCNC(=O)CN(c2ccccc2F)S(=O)(=O)N(C)C)cc1. The fourth-order valence-corrected chi connectivity index (χ4v) is 3.99. The molecule has 6 nitrogen and oxygen atoms in total. The Balaban J connectivity index is 1.95. The number of carbonyl (C=O) groups is 1. The summed E-state index contributed by atoms with van der Waals surface area (Å²) < 4.78 is 41.2. The maximum atomic E-state index is 14.2. The van der Waals surface area contributed by atoms with E-state index in [2.05, 4.69) is 43.4 Å². The highest BCUT2D eigenvalue weighted by molar-refractivity contribution is 7.90. The van der Waals surface area contributed by atoms with Crippen molar-refractivity contribution in [2.75, 3.05) is 31.5 Å². The third-order valence-corrected chi connectivity index (χ3v) is 6.56. The monoisotopic (exact) mass is 435 g/mol. The minimum absolute atomic E-state index is 0.161. The molecule has 164 valence electrons. The van der Waals surface area contributed by atoms with Crippen molar-refractivity contribution in [1.82, 2.24) is 9.62 Å². The van der Waals surface area contributed by atoms with E-state index in [-0.39, 0.29) is 5.69 Å². The Morgan fingerprint density at radius 1 is 1.07 bits per heavy atom. The molecule has 0 aromatic heterocycles. The lowest BCUT2D eigenvalue weighted by Crippen LogP contribution is -2.46. The van der Waals surface area contributed by atoms with Crippen LogP contribution in [0.4, 0.5) is 10.1 Å². The lowest BCUT2D eigenvalue weighted by atomic mass is 10.0. The number of amides is 1. The van der Waals surface area contributed by atoms with E-state index < -0.39 is 28.5 Å². The second-order valence-electron chi connectivity index (χ2n) is 7.60. The first-order chi connectivity index (χ1) is 14.1. The zero-order valence-electron chi connectivity index (χ0n) is 17.9. The Morgan fingerprint density at radius 2 is 1.70 bits per heavy atom. The van der Waals surface area contributed by atoms with Crippen molar-refractivity contribution in [3.05, 3.63) is 65.5 Å². The molecule has 2 aromatic rings. The number of halogens is 1. The normalized spacial score (nSPS) is 11.7. The van der Waals surface area contributed by atoms with E-state index >= 15 is 0 Å². The molecule has 1 amide bonds. The molecule has 0 aliphatic heterocycles. The van der Waals surface area contributed by atoms with E-state index in [0.717, 1.165) is 21.1 Å². The van der Waals surface area contributed by atoms with Crippen LogP contribution in [0.3, 0.4) is 0 Å². The van der Waals surface area contributed by atoms with Crippen molar-refractivity contribution < 1.29 is 17.6 Å². The molecule has 0 fully saturated rings. The molecule has 0 aliphatic carbocycles. The van der Waals surface area contributed by atoms with E-state index in [1.54, 1.807) is 0 Å². The van der Waals surface area contributed by atoms with Gasteiger partial charge in [-0.1, -0.05) is 50.2 Å². The predicted molar refractivity (Wildman–Crippen MR) is 118 cm³/mol. The molecule has 30 heavy (non-hydrogen) atoms. The molecule has 0 unspecified atom stereocenters. The van der Waals surface area contributed by atoms with Crippen LogP contribution in [-0.4, -0.2) is 45.8 Å². The Kier molecular flexibility index (Phi) is 8.37. The van der Waals surface area contributed by atoms with Crippen LogP contribution in [0, 0.1) is 5.82 Å². The minimum atomic E-state index is -4.03. The third kappa shape index (κ3) is 6.27. The molecule has 8 heteroatoms. The number of rotatable bonds is 10. The minimum Gasteiger partial charge on any atom is -0.355 e. The van der Waals surface area contributed by atoms with Gasteiger partial charge in [0.05, 0.1) is 5.69 Å². The molecule has 1 N–H and O–H groups in total. The molecule has 0 heterocycles.